The lowest BCUT2D eigenvalue weighted by atomic mass is 9.56. The highest BCUT2D eigenvalue weighted by Crippen LogP contribution is 2.55. The van der Waals surface area contributed by atoms with Gasteiger partial charge in [0.25, 0.3) is 0 Å². The van der Waals surface area contributed by atoms with Crippen molar-refractivity contribution in [1.29, 1.82) is 0 Å². The number of hydrogen-bond acceptors (Lipinski definition) is 5. The van der Waals surface area contributed by atoms with Crippen molar-refractivity contribution in [1.82, 2.24) is 9.88 Å². The second-order valence-corrected chi connectivity index (χ2v) is 8.86. The van der Waals surface area contributed by atoms with Crippen molar-refractivity contribution in [3.05, 3.63) is 23.4 Å². The van der Waals surface area contributed by atoms with Crippen LogP contribution in [0.15, 0.2) is 12.1 Å². The summed E-state index contributed by atoms with van der Waals surface area (Å²) in [6, 6.07) is 4.24. The van der Waals surface area contributed by atoms with Gasteiger partial charge >= 0.3 is 5.97 Å². The molecule has 1 aromatic heterocycles. The van der Waals surface area contributed by atoms with Crippen LogP contribution in [0.1, 0.15) is 37.4 Å². The van der Waals surface area contributed by atoms with Gasteiger partial charge in [-0.2, -0.15) is 0 Å². The van der Waals surface area contributed by atoms with Crippen LogP contribution in [0.4, 0.5) is 0 Å². The van der Waals surface area contributed by atoms with E-state index in [-0.39, 0.29) is 12.0 Å². The molecule has 29 heavy (non-hydrogen) atoms. The summed E-state index contributed by atoms with van der Waals surface area (Å²) < 4.78 is 16.5. The number of nitrogens with one attached hydrogen (secondary N) is 1. The predicted octanol–water partition coefficient (Wildman–Crippen LogP) is 3.27. The van der Waals surface area contributed by atoms with Gasteiger partial charge in [0, 0.05) is 41.8 Å². The predicted molar refractivity (Wildman–Crippen MR) is 111 cm³/mol. The Hall–Kier alpha value is -2.21. The van der Waals surface area contributed by atoms with Gasteiger partial charge in [-0.05, 0) is 42.7 Å². The standard InChI is InChI=1S/C23H30N2O4/c1-5-14-8-13-11-23(22(26)29-4)20-15(6-7-25(12-13)21(14)23)16-9-18(27-2)19(28-3)10-17(16)24-20/h9-10,13-14,21,24H,5-8,11-12H2,1-4H3/t13?,14?,21-,23+/m0/s1. The molecule has 3 aliphatic heterocycles. The maximum atomic E-state index is 13.5. The average molecular weight is 399 g/mol. The number of aromatic nitrogens is 1. The second-order valence-electron chi connectivity index (χ2n) is 8.86. The van der Waals surface area contributed by atoms with E-state index in [1.54, 1.807) is 14.2 Å². The Bertz CT molecular complexity index is 967. The molecule has 4 aliphatic rings. The van der Waals surface area contributed by atoms with Crippen molar-refractivity contribution in [2.45, 2.75) is 44.1 Å². The molecule has 156 valence electrons. The summed E-state index contributed by atoms with van der Waals surface area (Å²) in [5, 5.41) is 1.12. The molecule has 1 N–H and O–H groups in total. The molecule has 6 rings (SSSR count). The second kappa shape index (κ2) is 6.66. The third-order valence-corrected chi connectivity index (χ3v) is 7.66. The smallest absolute Gasteiger partial charge is 0.319 e. The molecule has 0 radical (unpaired) electrons. The molecule has 1 aromatic carbocycles. The van der Waals surface area contributed by atoms with Crippen molar-refractivity contribution in [3.63, 3.8) is 0 Å². The highest BCUT2D eigenvalue weighted by Gasteiger charge is 2.62. The summed E-state index contributed by atoms with van der Waals surface area (Å²) in [7, 11) is 4.84. The minimum atomic E-state index is -0.623. The van der Waals surface area contributed by atoms with E-state index in [0.29, 0.717) is 17.6 Å². The van der Waals surface area contributed by atoms with E-state index in [9.17, 15) is 4.79 Å². The van der Waals surface area contributed by atoms with Crippen molar-refractivity contribution >= 4 is 16.9 Å². The van der Waals surface area contributed by atoms with Crippen LogP contribution in [-0.4, -0.2) is 56.3 Å². The lowest BCUT2D eigenvalue weighted by Gasteiger charge is -2.57. The molecule has 0 spiro atoms. The maximum absolute atomic E-state index is 13.5. The largest absolute Gasteiger partial charge is 0.493 e. The van der Waals surface area contributed by atoms with Gasteiger partial charge in [0.15, 0.2) is 11.5 Å². The first-order chi connectivity index (χ1) is 14.1. The molecule has 5 atom stereocenters. The Morgan fingerprint density at radius 2 is 2.00 bits per heavy atom. The van der Waals surface area contributed by atoms with Gasteiger partial charge in [-0.15, -0.1) is 0 Å². The van der Waals surface area contributed by atoms with Crippen molar-refractivity contribution in [2.75, 3.05) is 34.4 Å². The summed E-state index contributed by atoms with van der Waals surface area (Å²) in [6.07, 6.45) is 4.09. The molecule has 1 saturated carbocycles. The zero-order valence-corrected chi connectivity index (χ0v) is 17.7. The number of H-pyrrole nitrogens is 1. The number of ether oxygens (including phenoxy) is 3. The number of carbonyl (C=O) groups excluding carboxylic acids is 1. The van der Waals surface area contributed by atoms with Crippen LogP contribution in [0.3, 0.4) is 0 Å². The highest BCUT2D eigenvalue weighted by atomic mass is 16.5. The molecule has 0 amide bonds. The number of rotatable bonds is 4. The normalized spacial score (nSPS) is 32.6. The van der Waals surface area contributed by atoms with E-state index >= 15 is 0 Å². The molecule has 2 aromatic rings. The number of piperidine rings is 2. The number of benzene rings is 1. The van der Waals surface area contributed by atoms with Crippen LogP contribution in [0.25, 0.3) is 10.9 Å². The summed E-state index contributed by atoms with van der Waals surface area (Å²) in [5.41, 5.74) is 2.67. The maximum Gasteiger partial charge on any atom is 0.319 e. The third kappa shape index (κ3) is 2.41. The van der Waals surface area contributed by atoms with Crippen LogP contribution in [0.2, 0.25) is 0 Å². The molecule has 3 fully saturated rings. The SMILES string of the molecule is CCC1CC2CN3CCc4c([nH]c5cc(OC)c(OC)cc45)[C@](C(=O)OC)(C2)[C@H]13. The van der Waals surface area contributed by atoms with Crippen LogP contribution >= 0.6 is 0 Å². The highest BCUT2D eigenvalue weighted by molar-refractivity contribution is 5.93. The van der Waals surface area contributed by atoms with Gasteiger partial charge in [0.2, 0.25) is 0 Å². The van der Waals surface area contributed by atoms with Crippen molar-refractivity contribution in [3.8, 4) is 11.5 Å². The quantitative estimate of drug-likeness (QED) is 0.801. The fraction of sp³-hybridized carbons (Fsp3) is 0.609. The Morgan fingerprint density at radius 3 is 2.69 bits per heavy atom. The molecular weight excluding hydrogens is 368 g/mol. The minimum absolute atomic E-state index is 0.0935. The first-order valence-electron chi connectivity index (χ1n) is 10.7. The van der Waals surface area contributed by atoms with Gasteiger partial charge in [-0.1, -0.05) is 13.3 Å². The van der Waals surface area contributed by atoms with Crippen LogP contribution in [0, 0.1) is 11.8 Å². The molecule has 6 heteroatoms. The van der Waals surface area contributed by atoms with Crippen molar-refractivity contribution < 1.29 is 19.0 Å². The summed E-state index contributed by atoms with van der Waals surface area (Å²) >= 11 is 0. The zero-order chi connectivity index (χ0) is 20.3. The van der Waals surface area contributed by atoms with Crippen LogP contribution in [-0.2, 0) is 21.4 Å². The number of nitrogens with zero attached hydrogens (tertiary/aromatic N) is 1. The third-order valence-electron chi connectivity index (χ3n) is 7.66. The van der Waals surface area contributed by atoms with Gasteiger partial charge in [0.05, 0.1) is 21.3 Å². The Kier molecular flexibility index (Phi) is 4.32. The number of carbonyl (C=O) groups is 1. The van der Waals surface area contributed by atoms with E-state index < -0.39 is 5.41 Å². The number of esters is 1. The van der Waals surface area contributed by atoms with E-state index in [4.69, 9.17) is 14.2 Å². The van der Waals surface area contributed by atoms with Gasteiger partial charge in [0.1, 0.15) is 5.41 Å². The van der Waals surface area contributed by atoms with E-state index in [1.165, 1.54) is 19.1 Å². The molecule has 1 aliphatic carbocycles. The number of hydrogen-bond donors (Lipinski definition) is 1. The van der Waals surface area contributed by atoms with Gasteiger partial charge in [-0.25, -0.2) is 0 Å². The number of fused-ring (bicyclic) bond motifs is 4. The first-order valence-corrected chi connectivity index (χ1v) is 10.7. The number of aromatic amines is 1. The monoisotopic (exact) mass is 398 g/mol. The Labute approximate surface area is 171 Å². The van der Waals surface area contributed by atoms with Crippen LogP contribution < -0.4 is 9.47 Å². The topological polar surface area (TPSA) is 63.8 Å². The molecule has 4 heterocycles. The Morgan fingerprint density at radius 1 is 1.24 bits per heavy atom. The summed E-state index contributed by atoms with van der Waals surface area (Å²) in [5.74, 6) is 2.37. The fourth-order valence-electron chi connectivity index (χ4n) is 6.64. The van der Waals surface area contributed by atoms with Crippen molar-refractivity contribution in [2.24, 2.45) is 11.8 Å². The van der Waals surface area contributed by atoms with E-state index in [1.807, 2.05) is 6.07 Å². The molecule has 4 bridgehead atoms. The minimum Gasteiger partial charge on any atom is -0.493 e. The molecule has 6 nitrogen and oxygen atoms in total. The fourth-order valence-corrected chi connectivity index (χ4v) is 6.64. The summed E-state index contributed by atoms with van der Waals surface area (Å²) in [6.45, 7) is 4.33. The molecular formula is C23H30N2O4. The Balaban J connectivity index is 1.79. The molecule has 2 saturated heterocycles. The number of methoxy groups -OCH3 is 3. The summed E-state index contributed by atoms with van der Waals surface area (Å²) in [4.78, 5) is 19.7. The van der Waals surface area contributed by atoms with Gasteiger partial charge < -0.3 is 19.2 Å². The van der Waals surface area contributed by atoms with Crippen LogP contribution in [0.5, 0.6) is 11.5 Å². The van der Waals surface area contributed by atoms with Gasteiger partial charge in [-0.3, -0.25) is 9.69 Å². The average Bonchev–Trinajstić information content (AvgIpc) is 3.08. The van der Waals surface area contributed by atoms with E-state index in [0.717, 1.165) is 54.7 Å². The van der Waals surface area contributed by atoms with E-state index in [2.05, 4.69) is 22.9 Å². The zero-order valence-electron chi connectivity index (χ0n) is 17.7. The first kappa shape index (κ1) is 18.8. The lowest BCUT2D eigenvalue weighted by Crippen LogP contribution is -2.67. The molecule has 3 unspecified atom stereocenters. The lowest BCUT2D eigenvalue weighted by molar-refractivity contribution is -0.162.